The fourth-order valence-electron chi connectivity index (χ4n) is 4.07. The molecule has 1 amide bonds. The summed E-state index contributed by atoms with van der Waals surface area (Å²) in [6.45, 7) is 9.59. The van der Waals surface area contributed by atoms with E-state index in [-0.39, 0.29) is 22.3 Å². The third-order valence-electron chi connectivity index (χ3n) is 5.60. The molecule has 1 aromatic carbocycles. The number of morpholine rings is 1. The first-order chi connectivity index (χ1) is 15.4. The molecule has 168 valence electrons. The number of hydrogen-bond donors (Lipinski definition) is 0. The fraction of sp³-hybridized carbons (Fsp3) is 0.304. The molecule has 32 heavy (non-hydrogen) atoms. The van der Waals surface area contributed by atoms with Crippen molar-refractivity contribution in [3.8, 4) is 5.75 Å². The molecule has 0 atom stereocenters. The number of allylic oxidation sites excluding steroid dienone is 3. The van der Waals surface area contributed by atoms with Gasteiger partial charge in [-0.25, -0.2) is 8.42 Å². The number of carbonyl (C=O) groups is 1. The van der Waals surface area contributed by atoms with Crippen LogP contribution < -0.4 is 4.74 Å². The van der Waals surface area contributed by atoms with Gasteiger partial charge in [0.2, 0.25) is 0 Å². The van der Waals surface area contributed by atoms with Crippen LogP contribution in [0.25, 0.3) is 5.57 Å². The van der Waals surface area contributed by atoms with Gasteiger partial charge in [-0.2, -0.15) is 5.10 Å². The average molecular weight is 456 g/mol. The lowest BCUT2D eigenvalue weighted by Crippen LogP contribution is -2.41. The molecular formula is C23H25N3O5S. The van der Waals surface area contributed by atoms with E-state index in [9.17, 15) is 13.2 Å². The molecule has 0 aliphatic carbocycles. The number of rotatable bonds is 6. The highest BCUT2D eigenvalue weighted by Gasteiger charge is 2.37. The van der Waals surface area contributed by atoms with Gasteiger partial charge in [-0.1, -0.05) is 37.4 Å². The summed E-state index contributed by atoms with van der Waals surface area (Å²) in [7, 11) is -2.09. The van der Waals surface area contributed by atoms with E-state index in [2.05, 4.69) is 18.3 Å². The van der Waals surface area contributed by atoms with Gasteiger partial charge in [-0.05, 0) is 17.7 Å². The highest BCUT2D eigenvalue weighted by Crippen LogP contribution is 2.37. The molecule has 2 aliphatic heterocycles. The van der Waals surface area contributed by atoms with Gasteiger partial charge in [0.1, 0.15) is 5.75 Å². The van der Waals surface area contributed by atoms with Crippen LogP contribution in [0.4, 0.5) is 0 Å². The number of sulfone groups is 1. The topological polar surface area (TPSA) is 90.7 Å². The SMILES string of the molecule is C=CC1=C(C=C)S(=O)(=O)Cc2c(C(=O)N3CCOCC3)nn(Cc3cccc(OC)c3)c21. The van der Waals surface area contributed by atoms with E-state index in [1.807, 2.05) is 24.3 Å². The monoisotopic (exact) mass is 455 g/mol. The Kier molecular flexibility index (Phi) is 6.03. The Morgan fingerprint density at radius 2 is 2.00 bits per heavy atom. The van der Waals surface area contributed by atoms with Crippen LogP contribution in [0.15, 0.2) is 54.5 Å². The normalized spacial score (nSPS) is 17.6. The summed E-state index contributed by atoms with van der Waals surface area (Å²) >= 11 is 0. The van der Waals surface area contributed by atoms with Crippen LogP contribution in [0.2, 0.25) is 0 Å². The van der Waals surface area contributed by atoms with Crippen LogP contribution >= 0.6 is 0 Å². The van der Waals surface area contributed by atoms with Crippen LogP contribution in [0.1, 0.15) is 27.3 Å². The van der Waals surface area contributed by atoms with Crippen molar-refractivity contribution in [1.29, 1.82) is 0 Å². The van der Waals surface area contributed by atoms with Crippen molar-refractivity contribution >= 4 is 21.3 Å². The van der Waals surface area contributed by atoms with Crippen molar-refractivity contribution in [2.75, 3.05) is 33.4 Å². The quantitative estimate of drug-likeness (QED) is 0.665. The van der Waals surface area contributed by atoms with Crippen molar-refractivity contribution < 1.29 is 22.7 Å². The Morgan fingerprint density at radius 1 is 1.25 bits per heavy atom. The Bertz CT molecular complexity index is 1220. The molecular weight excluding hydrogens is 430 g/mol. The molecule has 0 bridgehead atoms. The molecule has 1 saturated heterocycles. The minimum absolute atomic E-state index is 0.0946. The summed E-state index contributed by atoms with van der Waals surface area (Å²) in [5.41, 5.74) is 2.42. The molecule has 1 aromatic heterocycles. The van der Waals surface area contributed by atoms with Crippen LogP contribution in [0, 0.1) is 0 Å². The molecule has 0 saturated carbocycles. The maximum Gasteiger partial charge on any atom is 0.274 e. The Hall–Kier alpha value is -3.17. The van der Waals surface area contributed by atoms with E-state index >= 15 is 0 Å². The second-order valence-corrected chi connectivity index (χ2v) is 9.49. The van der Waals surface area contributed by atoms with Crippen LogP contribution in [-0.2, 0) is 26.9 Å². The molecule has 0 radical (unpaired) electrons. The Balaban J connectivity index is 1.88. The van der Waals surface area contributed by atoms with Crippen LogP contribution in [0.5, 0.6) is 5.75 Å². The number of methoxy groups -OCH3 is 1. The third-order valence-corrected chi connectivity index (χ3v) is 7.32. The number of ether oxygens (including phenoxy) is 2. The van der Waals surface area contributed by atoms with E-state index in [1.54, 1.807) is 16.7 Å². The lowest BCUT2D eigenvalue weighted by atomic mass is 10.0. The van der Waals surface area contributed by atoms with Gasteiger partial charge in [0, 0.05) is 24.2 Å². The largest absolute Gasteiger partial charge is 0.497 e. The predicted octanol–water partition coefficient (Wildman–Crippen LogP) is 2.42. The first-order valence-electron chi connectivity index (χ1n) is 10.2. The molecule has 1 fully saturated rings. The molecule has 9 heteroatoms. The number of benzene rings is 1. The molecule has 2 aliphatic rings. The van der Waals surface area contributed by atoms with Gasteiger partial charge in [0.05, 0.1) is 43.2 Å². The van der Waals surface area contributed by atoms with Gasteiger partial charge in [-0.15, -0.1) is 0 Å². The summed E-state index contributed by atoms with van der Waals surface area (Å²) in [6, 6.07) is 7.51. The highest BCUT2D eigenvalue weighted by atomic mass is 32.2. The smallest absolute Gasteiger partial charge is 0.274 e. The van der Waals surface area contributed by atoms with E-state index < -0.39 is 9.84 Å². The van der Waals surface area contributed by atoms with Crippen LogP contribution in [-0.4, -0.2) is 62.4 Å². The maximum atomic E-state index is 13.3. The molecule has 8 nitrogen and oxygen atoms in total. The lowest BCUT2D eigenvalue weighted by Gasteiger charge is -2.26. The van der Waals surface area contributed by atoms with Gasteiger partial charge < -0.3 is 14.4 Å². The second kappa shape index (κ2) is 8.76. The maximum absolute atomic E-state index is 13.3. The van der Waals surface area contributed by atoms with Crippen molar-refractivity contribution in [3.05, 3.63) is 77.0 Å². The molecule has 4 rings (SSSR count). The number of nitrogens with zero attached hydrogens (tertiary/aromatic N) is 3. The average Bonchev–Trinajstić information content (AvgIpc) is 3.14. The zero-order valence-corrected chi connectivity index (χ0v) is 18.7. The number of amides is 1. The molecule has 3 heterocycles. The molecule has 0 spiro atoms. The van der Waals surface area contributed by atoms with E-state index in [0.29, 0.717) is 55.4 Å². The molecule has 2 aromatic rings. The van der Waals surface area contributed by atoms with Gasteiger partial charge >= 0.3 is 0 Å². The standard InChI is InChI=1S/C23H25N3O5S/c1-4-18-20(5-2)32(28,29)15-19-21(23(27)25-9-11-31-12-10-25)24-26(22(18)19)14-16-7-6-8-17(13-16)30-3/h4-8,13H,1-2,9-12,14-15H2,3H3. The zero-order valence-electron chi connectivity index (χ0n) is 17.9. The molecule has 0 unspecified atom stereocenters. The van der Waals surface area contributed by atoms with E-state index in [1.165, 1.54) is 12.2 Å². The predicted molar refractivity (Wildman–Crippen MR) is 121 cm³/mol. The van der Waals surface area contributed by atoms with Crippen LogP contribution in [0.3, 0.4) is 0 Å². The number of carbonyl (C=O) groups excluding carboxylic acids is 1. The minimum atomic E-state index is -3.68. The van der Waals surface area contributed by atoms with Crippen molar-refractivity contribution in [1.82, 2.24) is 14.7 Å². The van der Waals surface area contributed by atoms with Crippen molar-refractivity contribution in [2.45, 2.75) is 12.3 Å². The van der Waals surface area contributed by atoms with Gasteiger partial charge in [-0.3, -0.25) is 9.48 Å². The molecule has 0 N–H and O–H groups in total. The van der Waals surface area contributed by atoms with Crippen molar-refractivity contribution in [2.24, 2.45) is 0 Å². The summed E-state index contributed by atoms with van der Waals surface area (Å²) in [6.07, 6.45) is 2.81. The van der Waals surface area contributed by atoms with Gasteiger partial charge in [0.15, 0.2) is 15.5 Å². The van der Waals surface area contributed by atoms with E-state index in [0.717, 1.165) is 5.56 Å². The first-order valence-corrected chi connectivity index (χ1v) is 11.9. The highest BCUT2D eigenvalue weighted by molar-refractivity contribution is 7.95. The van der Waals surface area contributed by atoms with E-state index in [4.69, 9.17) is 9.47 Å². The van der Waals surface area contributed by atoms with Crippen molar-refractivity contribution in [3.63, 3.8) is 0 Å². The number of fused-ring (bicyclic) bond motifs is 1. The third kappa shape index (κ3) is 3.89. The first kappa shape index (κ1) is 22.0. The Labute approximate surface area is 187 Å². The summed E-state index contributed by atoms with van der Waals surface area (Å²) < 4.78 is 38.3. The second-order valence-electron chi connectivity index (χ2n) is 7.53. The van der Waals surface area contributed by atoms with Gasteiger partial charge in [0.25, 0.3) is 5.91 Å². The summed E-state index contributed by atoms with van der Waals surface area (Å²) in [5.74, 6) is 0.0847. The zero-order chi connectivity index (χ0) is 22.9. The fourth-order valence-corrected chi connectivity index (χ4v) is 5.65. The summed E-state index contributed by atoms with van der Waals surface area (Å²) in [4.78, 5) is 15.1. The lowest BCUT2D eigenvalue weighted by molar-refractivity contribution is 0.0298. The Morgan fingerprint density at radius 3 is 2.66 bits per heavy atom. The number of aromatic nitrogens is 2. The minimum Gasteiger partial charge on any atom is -0.497 e. The summed E-state index contributed by atoms with van der Waals surface area (Å²) in [5, 5.41) is 4.61. The number of hydrogen-bond acceptors (Lipinski definition) is 6.